The van der Waals surface area contributed by atoms with Crippen LogP contribution >= 0.6 is 0 Å². The fourth-order valence-electron chi connectivity index (χ4n) is 0.879. The average molecular weight is 201 g/mol. The van der Waals surface area contributed by atoms with Crippen molar-refractivity contribution >= 4 is 5.97 Å². The van der Waals surface area contributed by atoms with Gasteiger partial charge in [-0.3, -0.25) is 0 Å². The number of carboxylic acids is 1. The second-order valence-corrected chi connectivity index (χ2v) is 2.33. The molecule has 0 aliphatic rings. The van der Waals surface area contributed by atoms with E-state index in [1.54, 1.807) is 0 Å². The molecular formula is C8H8FNO4. The fraction of sp³-hybridized carbons (Fsp3) is 0.250. The Labute approximate surface area is 79.1 Å². The molecule has 1 N–H and O–H groups in total. The van der Waals surface area contributed by atoms with Crippen LogP contribution in [0.4, 0.5) is 4.39 Å². The summed E-state index contributed by atoms with van der Waals surface area (Å²) in [7, 11) is 2.52. The third kappa shape index (κ3) is 1.73. The second kappa shape index (κ2) is 3.91. The van der Waals surface area contributed by atoms with Gasteiger partial charge >= 0.3 is 5.97 Å². The minimum Gasteiger partial charge on any atom is -0.493 e. The number of carboxylic acid groups (broad SMARTS) is 1. The minimum atomic E-state index is -1.47. The summed E-state index contributed by atoms with van der Waals surface area (Å²) < 4.78 is 22.5. The summed E-state index contributed by atoms with van der Waals surface area (Å²) in [6.07, 6.45) is 0. The summed E-state index contributed by atoms with van der Waals surface area (Å²) in [5, 5.41) is 8.59. The number of halogens is 1. The summed E-state index contributed by atoms with van der Waals surface area (Å²) >= 11 is 0. The number of pyridine rings is 1. The molecule has 0 radical (unpaired) electrons. The molecule has 0 amide bonds. The Bertz CT molecular complexity index is 367. The van der Waals surface area contributed by atoms with Crippen LogP contribution in [0.3, 0.4) is 0 Å². The van der Waals surface area contributed by atoms with E-state index < -0.39 is 17.5 Å². The van der Waals surface area contributed by atoms with E-state index in [-0.39, 0.29) is 11.6 Å². The molecule has 1 rings (SSSR count). The molecule has 0 saturated heterocycles. The van der Waals surface area contributed by atoms with E-state index in [0.29, 0.717) is 0 Å². The smallest absolute Gasteiger partial charge is 0.357 e. The minimum absolute atomic E-state index is 0.0133. The van der Waals surface area contributed by atoms with E-state index >= 15 is 0 Å². The number of aromatic nitrogens is 1. The van der Waals surface area contributed by atoms with E-state index in [9.17, 15) is 9.18 Å². The van der Waals surface area contributed by atoms with Crippen molar-refractivity contribution in [1.82, 2.24) is 4.98 Å². The quantitative estimate of drug-likeness (QED) is 0.787. The maximum absolute atomic E-state index is 13.2. The summed E-state index contributed by atoms with van der Waals surface area (Å²) in [6, 6.07) is 1.17. The number of rotatable bonds is 3. The van der Waals surface area contributed by atoms with Crippen LogP contribution in [0.15, 0.2) is 6.07 Å². The van der Waals surface area contributed by atoms with Crippen LogP contribution in [-0.4, -0.2) is 30.3 Å². The van der Waals surface area contributed by atoms with E-state index in [1.807, 2.05) is 0 Å². The van der Waals surface area contributed by atoms with Crippen molar-refractivity contribution in [2.24, 2.45) is 0 Å². The van der Waals surface area contributed by atoms with Gasteiger partial charge in [0.1, 0.15) is 0 Å². The first-order valence-electron chi connectivity index (χ1n) is 3.62. The third-order valence-electron chi connectivity index (χ3n) is 1.53. The van der Waals surface area contributed by atoms with Crippen LogP contribution in [0.5, 0.6) is 11.6 Å². The van der Waals surface area contributed by atoms with E-state index in [4.69, 9.17) is 5.11 Å². The monoisotopic (exact) mass is 201 g/mol. The number of hydrogen-bond donors (Lipinski definition) is 1. The number of aromatic carboxylic acids is 1. The van der Waals surface area contributed by atoms with Gasteiger partial charge in [0.25, 0.3) is 0 Å². The zero-order chi connectivity index (χ0) is 10.7. The predicted molar refractivity (Wildman–Crippen MR) is 44.3 cm³/mol. The summed E-state index contributed by atoms with van der Waals surface area (Å²) in [5.74, 6) is -2.71. The van der Waals surface area contributed by atoms with Crippen molar-refractivity contribution in [3.63, 3.8) is 0 Å². The standard InChI is InChI=1S/C8H8FNO4/c1-13-4-3-5(14-2)10-7(6(4)9)8(11)12/h3H,1-2H3,(H,11,12). The zero-order valence-corrected chi connectivity index (χ0v) is 7.57. The van der Waals surface area contributed by atoms with Gasteiger partial charge in [0.05, 0.1) is 14.2 Å². The first kappa shape index (κ1) is 10.2. The molecule has 0 aliphatic heterocycles. The normalized spacial score (nSPS) is 9.64. The Morgan fingerprint density at radius 3 is 2.57 bits per heavy atom. The van der Waals surface area contributed by atoms with Gasteiger partial charge < -0.3 is 14.6 Å². The van der Waals surface area contributed by atoms with Crippen LogP contribution in [0.1, 0.15) is 10.5 Å². The average Bonchev–Trinajstić information content (AvgIpc) is 2.17. The van der Waals surface area contributed by atoms with Crippen LogP contribution in [-0.2, 0) is 0 Å². The topological polar surface area (TPSA) is 68.7 Å². The van der Waals surface area contributed by atoms with Crippen LogP contribution in [0.25, 0.3) is 0 Å². The zero-order valence-electron chi connectivity index (χ0n) is 7.57. The molecule has 6 heteroatoms. The summed E-state index contributed by atoms with van der Waals surface area (Å²) in [4.78, 5) is 14.0. The van der Waals surface area contributed by atoms with Crippen molar-refractivity contribution in [3.8, 4) is 11.6 Å². The molecule has 1 heterocycles. The van der Waals surface area contributed by atoms with Gasteiger partial charge in [-0.1, -0.05) is 0 Å². The molecule has 0 spiro atoms. The Kier molecular flexibility index (Phi) is 2.85. The number of carbonyl (C=O) groups is 1. The van der Waals surface area contributed by atoms with Gasteiger partial charge in [-0.2, -0.15) is 0 Å². The number of methoxy groups -OCH3 is 2. The molecular weight excluding hydrogens is 193 g/mol. The molecule has 0 saturated carbocycles. The molecule has 0 unspecified atom stereocenters. The molecule has 0 aromatic carbocycles. The SMILES string of the molecule is COc1cc(OC)c(F)c(C(=O)O)n1. The maximum Gasteiger partial charge on any atom is 0.357 e. The highest BCUT2D eigenvalue weighted by Gasteiger charge is 2.19. The van der Waals surface area contributed by atoms with Gasteiger partial charge in [-0.25, -0.2) is 14.2 Å². The third-order valence-corrected chi connectivity index (χ3v) is 1.53. The van der Waals surface area contributed by atoms with Crippen LogP contribution in [0, 0.1) is 5.82 Å². The predicted octanol–water partition coefficient (Wildman–Crippen LogP) is 0.936. The molecule has 0 fully saturated rings. The van der Waals surface area contributed by atoms with Gasteiger partial charge in [-0.15, -0.1) is 0 Å². The molecule has 0 aliphatic carbocycles. The lowest BCUT2D eigenvalue weighted by molar-refractivity contribution is 0.0682. The second-order valence-electron chi connectivity index (χ2n) is 2.33. The molecule has 1 aromatic heterocycles. The van der Waals surface area contributed by atoms with E-state index in [1.165, 1.54) is 20.3 Å². The molecule has 0 atom stereocenters. The fourth-order valence-corrected chi connectivity index (χ4v) is 0.879. The number of ether oxygens (including phenoxy) is 2. The summed E-state index contributed by atoms with van der Waals surface area (Å²) in [5.41, 5.74) is -0.721. The Morgan fingerprint density at radius 1 is 1.50 bits per heavy atom. The van der Waals surface area contributed by atoms with Gasteiger partial charge in [0.15, 0.2) is 17.3 Å². The molecule has 1 aromatic rings. The molecule has 76 valence electrons. The number of hydrogen-bond acceptors (Lipinski definition) is 4. The highest BCUT2D eigenvalue weighted by Crippen LogP contribution is 2.23. The van der Waals surface area contributed by atoms with Crippen molar-refractivity contribution in [2.75, 3.05) is 14.2 Å². The van der Waals surface area contributed by atoms with Crippen molar-refractivity contribution < 1.29 is 23.8 Å². The summed E-state index contributed by atoms with van der Waals surface area (Å²) in [6.45, 7) is 0. The Balaban J connectivity index is 3.34. The van der Waals surface area contributed by atoms with Crippen molar-refractivity contribution in [3.05, 3.63) is 17.6 Å². The lowest BCUT2D eigenvalue weighted by Crippen LogP contribution is -2.07. The largest absolute Gasteiger partial charge is 0.493 e. The number of nitrogens with zero attached hydrogens (tertiary/aromatic N) is 1. The first-order chi connectivity index (χ1) is 6.60. The highest BCUT2D eigenvalue weighted by molar-refractivity contribution is 5.86. The highest BCUT2D eigenvalue weighted by atomic mass is 19.1. The molecule has 5 nitrogen and oxygen atoms in total. The molecule has 0 bridgehead atoms. The maximum atomic E-state index is 13.2. The molecule has 14 heavy (non-hydrogen) atoms. The van der Waals surface area contributed by atoms with E-state index in [0.717, 1.165) is 0 Å². The lowest BCUT2D eigenvalue weighted by atomic mass is 10.3. The van der Waals surface area contributed by atoms with Gasteiger partial charge in [0, 0.05) is 6.07 Å². The Morgan fingerprint density at radius 2 is 2.14 bits per heavy atom. The lowest BCUT2D eigenvalue weighted by Gasteiger charge is -2.06. The van der Waals surface area contributed by atoms with Crippen LogP contribution < -0.4 is 9.47 Å². The Hall–Kier alpha value is -1.85. The van der Waals surface area contributed by atoms with Gasteiger partial charge in [-0.05, 0) is 0 Å². The van der Waals surface area contributed by atoms with Gasteiger partial charge in [0.2, 0.25) is 5.88 Å². The first-order valence-corrected chi connectivity index (χ1v) is 3.62. The van der Waals surface area contributed by atoms with Crippen molar-refractivity contribution in [2.45, 2.75) is 0 Å². The van der Waals surface area contributed by atoms with E-state index in [2.05, 4.69) is 14.5 Å². The van der Waals surface area contributed by atoms with Crippen molar-refractivity contribution in [1.29, 1.82) is 0 Å². The van der Waals surface area contributed by atoms with Crippen LogP contribution in [0.2, 0.25) is 0 Å².